The van der Waals surface area contributed by atoms with Crippen molar-refractivity contribution in [3.63, 3.8) is 0 Å². The minimum atomic E-state index is -4.52. The fraction of sp³-hybridized carbons (Fsp3) is 0.360. The van der Waals surface area contributed by atoms with Crippen LogP contribution in [0.1, 0.15) is 45.9 Å². The van der Waals surface area contributed by atoms with Crippen molar-refractivity contribution in [1.82, 2.24) is 15.2 Å². The number of ether oxygens (including phenoxy) is 1. The number of oxazole rings is 1. The van der Waals surface area contributed by atoms with E-state index in [2.05, 4.69) is 10.3 Å². The molecule has 3 aromatic rings. The molecule has 11 heteroatoms. The first-order chi connectivity index (χ1) is 17.2. The fourth-order valence-corrected chi connectivity index (χ4v) is 3.94. The van der Waals surface area contributed by atoms with Gasteiger partial charge >= 0.3 is 6.18 Å². The van der Waals surface area contributed by atoms with E-state index in [9.17, 15) is 26.7 Å². The van der Waals surface area contributed by atoms with Crippen LogP contribution >= 0.6 is 0 Å². The zero-order valence-electron chi connectivity index (χ0n) is 19.2. The number of amides is 1. The number of rotatable bonds is 9. The van der Waals surface area contributed by atoms with Crippen molar-refractivity contribution in [1.29, 1.82) is 0 Å². The number of aromatic nitrogens is 1. The highest BCUT2D eigenvalue weighted by Gasteiger charge is 2.30. The average molecular weight is 509 g/mol. The molecule has 1 atom stereocenters. The number of hydrogen-bond donors (Lipinski definition) is 1. The van der Waals surface area contributed by atoms with Crippen molar-refractivity contribution in [2.24, 2.45) is 0 Å². The topological polar surface area (TPSA) is 67.6 Å². The number of carbonyl (C=O) groups excluding carboxylic acids is 1. The Morgan fingerprint density at radius 2 is 1.94 bits per heavy atom. The minimum Gasteiger partial charge on any atom is -0.447 e. The Hall–Kier alpha value is -3.31. The van der Waals surface area contributed by atoms with Gasteiger partial charge in [0.1, 0.15) is 17.9 Å². The number of halogens is 5. The Balaban J connectivity index is 1.49. The molecule has 36 heavy (non-hydrogen) atoms. The van der Waals surface area contributed by atoms with Crippen LogP contribution in [-0.2, 0) is 30.5 Å². The van der Waals surface area contributed by atoms with Gasteiger partial charge in [0.25, 0.3) is 5.91 Å². The molecule has 2 aromatic carbocycles. The molecule has 0 radical (unpaired) electrons. The zero-order valence-corrected chi connectivity index (χ0v) is 19.2. The first-order valence-corrected chi connectivity index (χ1v) is 11.3. The molecule has 0 saturated carbocycles. The van der Waals surface area contributed by atoms with Crippen LogP contribution in [0.25, 0.3) is 0 Å². The molecule has 0 aliphatic carbocycles. The highest BCUT2D eigenvalue weighted by molar-refractivity contribution is 5.91. The van der Waals surface area contributed by atoms with Crippen molar-refractivity contribution >= 4 is 5.91 Å². The monoisotopic (exact) mass is 509 g/mol. The van der Waals surface area contributed by atoms with E-state index < -0.39 is 29.3 Å². The lowest BCUT2D eigenvalue weighted by atomic mass is 10.1. The summed E-state index contributed by atoms with van der Waals surface area (Å²) >= 11 is 0. The van der Waals surface area contributed by atoms with E-state index in [0.717, 1.165) is 37.1 Å². The zero-order chi connectivity index (χ0) is 25.7. The average Bonchev–Trinajstić information content (AvgIpc) is 3.51. The third kappa shape index (κ3) is 6.88. The van der Waals surface area contributed by atoms with Crippen molar-refractivity contribution in [2.45, 2.75) is 44.8 Å². The molecule has 1 fully saturated rings. The van der Waals surface area contributed by atoms with Crippen LogP contribution in [0, 0.1) is 11.6 Å². The Labute approximate surface area is 204 Å². The summed E-state index contributed by atoms with van der Waals surface area (Å²) in [6.07, 6.45) is -1.59. The van der Waals surface area contributed by atoms with Gasteiger partial charge in [-0.25, -0.2) is 13.8 Å². The first kappa shape index (κ1) is 25.8. The molecule has 1 saturated heterocycles. The van der Waals surface area contributed by atoms with Crippen molar-refractivity contribution in [3.8, 4) is 0 Å². The van der Waals surface area contributed by atoms with Gasteiger partial charge in [-0.3, -0.25) is 9.69 Å². The van der Waals surface area contributed by atoms with Gasteiger partial charge in [0.15, 0.2) is 5.69 Å². The predicted molar refractivity (Wildman–Crippen MR) is 119 cm³/mol. The predicted octanol–water partition coefficient (Wildman–Crippen LogP) is 5.08. The Bertz CT molecular complexity index is 1190. The summed E-state index contributed by atoms with van der Waals surface area (Å²) in [6.45, 7) is 0.887. The number of nitrogens with one attached hydrogen (secondary N) is 1. The Morgan fingerprint density at radius 1 is 1.11 bits per heavy atom. The number of nitrogens with zero attached hydrogens (tertiary/aromatic N) is 2. The van der Waals surface area contributed by atoms with E-state index in [1.807, 2.05) is 0 Å². The van der Waals surface area contributed by atoms with Crippen molar-refractivity contribution < 1.29 is 35.9 Å². The van der Waals surface area contributed by atoms with Crippen LogP contribution in [0.2, 0.25) is 0 Å². The lowest BCUT2D eigenvalue weighted by Gasteiger charge is -2.22. The molecule has 1 amide bonds. The molecule has 2 heterocycles. The summed E-state index contributed by atoms with van der Waals surface area (Å²) in [4.78, 5) is 18.2. The molecule has 1 unspecified atom stereocenters. The van der Waals surface area contributed by atoms with E-state index in [-0.39, 0.29) is 42.9 Å². The highest BCUT2D eigenvalue weighted by Crippen LogP contribution is 2.30. The number of hydrogen-bond acceptors (Lipinski definition) is 5. The third-order valence-electron chi connectivity index (χ3n) is 5.73. The van der Waals surface area contributed by atoms with Gasteiger partial charge in [-0.1, -0.05) is 24.3 Å². The van der Waals surface area contributed by atoms with E-state index >= 15 is 0 Å². The molecular weight excluding hydrogens is 485 g/mol. The van der Waals surface area contributed by atoms with Gasteiger partial charge in [0, 0.05) is 37.9 Å². The molecular formula is C25H24F5N3O3. The molecule has 1 aliphatic rings. The molecule has 0 spiro atoms. The van der Waals surface area contributed by atoms with Crippen LogP contribution in [0.15, 0.2) is 53.1 Å². The van der Waals surface area contributed by atoms with Crippen LogP contribution in [0.5, 0.6) is 0 Å². The van der Waals surface area contributed by atoms with Crippen LogP contribution in [0.3, 0.4) is 0 Å². The lowest BCUT2D eigenvalue weighted by Crippen LogP contribution is -2.32. The summed E-state index contributed by atoms with van der Waals surface area (Å²) < 4.78 is 78.0. The first-order valence-electron chi connectivity index (χ1n) is 11.3. The second-order valence-corrected chi connectivity index (χ2v) is 8.55. The maximum Gasteiger partial charge on any atom is 0.416 e. The second kappa shape index (κ2) is 11.2. The number of alkyl halides is 3. The van der Waals surface area contributed by atoms with Crippen LogP contribution in [-0.4, -0.2) is 35.0 Å². The lowest BCUT2D eigenvalue weighted by molar-refractivity contribution is -0.137. The summed E-state index contributed by atoms with van der Waals surface area (Å²) in [7, 11) is 0. The van der Waals surface area contributed by atoms with Gasteiger partial charge in [0.2, 0.25) is 5.89 Å². The van der Waals surface area contributed by atoms with Crippen molar-refractivity contribution in [3.05, 3.63) is 88.6 Å². The maximum absolute atomic E-state index is 14.3. The maximum atomic E-state index is 14.3. The summed E-state index contributed by atoms with van der Waals surface area (Å²) in [5.74, 6) is -1.86. The Morgan fingerprint density at radius 3 is 2.67 bits per heavy atom. The third-order valence-corrected chi connectivity index (χ3v) is 5.73. The molecule has 4 rings (SSSR count). The highest BCUT2D eigenvalue weighted by atomic mass is 19.4. The molecule has 1 aromatic heterocycles. The van der Waals surface area contributed by atoms with E-state index in [1.54, 1.807) is 4.90 Å². The molecule has 1 aliphatic heterocycles. The summed E-state index contributed by atoms with van der Waals surface area (Å²) in [5.41, 5.74) is -0.304. The van der Waals surface area contributed by atoms with E-state index in [4.69, 9.17) is 9.15 Å². The quantitative estimate of drug-likeness (QED) is 0.408. The van der Waals surface area contributed by atoms with Gasteiger partial charge < -0.3 is 14.5 Å². The smallest absolute Gasteiger partial charge is 0.416 e. The standard InChI is InChI=1S/C25H24F5N3O3/c26-19-7-6-17(21(27)10-19)13-33(12-16-3-1-4-18(9-16)25(28,29)30)14-23-32-22(15-36-23)24(34)31-11-20-5-2-8-35-20/h1,3-4,6-7,9-10,15,20H,2,5,8,11-14H2,(H,31,34). The normalized spacial score (nSPS) is 16.0. The molecule has 6 nitrogen and oxygen atoms in total. The van der Waals surface area contributed by atoms with E-state index in [1.165, 1.54) is 24.5 Å². The Kier molecular flexibility index (Phi) is 8.00. The van der Waals surface area contributed by atoms with Crippen LogP contribution < -0.4 is 5.32 Å². The fourth-order valence-electron chi connectivity index (χ4n) is 3.94. The number of carbonyl (C=O) groups is 1. The summed E-state index contributed by atoms with van der Waals surface area (Å²) in [6, 6.07) is 7.88. The van der Waals surface area contributed by atoms with E-state index in [0.29, 0.717) is 18.7 Å². The number of benzene rings is 2. The molecule has 1 N–H and O–H groups in total. The van der Waals surface area contributed by atoms with Gasteiger partial charge in [0.05, 0.1) is 18.2 Å². The van der Waals surface area contributed by atoms with Gasteiger partial charge in [-0.2, -0.15) is 13.2 Å². The summed E-state index contributed by atoms with van der Waals surface area (Å²) in [5, 5.41) is 2.73. The van der Waals surface area contributed by atoms with Crippen molar-refractivity contribution in [2.75, 3.05) is 13.2 Å². The molecule has 192 valence electrons. The van der Waals surface area contributed by atoms with Gasteiger partial charge in [-0.05, 0) is 30.5 Å². The SMILES string of the molecule is O=C(NCC1CCCO1)c1coc(CN(Cc2cccc(C(F)(F)F)c2)Cc2ccc(F)cc2F)n1. The second-order valence-electron chi connectivity index (χ2n) is 8.55. The molecule has 0 bridgehead atoms. The van der Waals surface area contributed by atoms with Crippen LogP contribution in [0.4, 0.5) is 22.0 Å². The minimum absolute atomic E-state index is 0.0103. The van der Waals surface area contributed by atoms with Gasteiger partial charge in [-0.15, -0.1) is 0 Å². The largest absolute Gasteiger partial charge is 0.447 e.